The standard InChI is InChI=1S/C9H20O2Si/c1-6-8-9(10-7-2)11-12(3,4)5/h8H,6-7H2,1-5H3/b9-8+. The highest BCUT2D eigenvalue weighted by molar-refractivity contribution is 6.69. The van der Waals surface area contributed by atoms with Crippen molar-refractivity contribution in [2.75, 3.05) is 6.61 Å². The molecule has 0 aromatic heterocycles. The molecule has 0 aliphatic heterocycles. The van der Waals surface area contributed by atoms with E-state index in [0.717, 1.165) is 6.42 Å². The third kappa shape index (κ3) is 6.28. The molecule has 0 saturated carbocycles. The predicted molar refractivity (Wildman–Crippen MR) is 54.4 cm³/mol. The Bertz CT molecular complexity index is 147. The van der Waals surface area contributed by atoms with Crippen molar-refractivity contribution in [1.82, 2.24) is 0 Å². The Hall–Kier alpha value is -0.443. The second-order valence-corrected chi connectivity index (χ2v) is 8.01. The molecule has 0 fully saturated rings. The molecule has 0 heterocycles. The lowest BCUT2D eigenvalue weighted by atomic mass is 10.5. The Morgan fingerprint density at radius 3 is 2.17 bits per heavy atom. The van der Waals surface area contributed by atoms with E-state index in [1.54, 1.807) is 0 Å². The molecule has 0 aliphatic carbocycles. The molecule has 0 saturated heterocycles. The molecule has 0 aromatic carbocycles. The van der Waals surface area contributed by atoms with Crippen molar-refractivity contribution in [1.29, 1.82) is 0 Å². The molecule has 0 atom stereocenters. The summed E-state index contributed by atoms with van der Waals surface area (Å²) in [5.74, 6) is 0.708. The zero-order valence-corrected chi connectivity index (χ0v) is 9.81. The van der Waals surface area contributed by atoms with Gasteiger partial charge in [0.15, 0.2) is 0 Å². The summed E-state index contributed by atoms with van der Waals surface area (Å²) < 4.78 is 11.0. The van der Waals surface area contributed by atoms with E-state index in [2.05, 4.69) is 26.6 Å². The number of ether oxygens (including phenoxy) is 1. The molecule has 0 bridgehead atoms. The van der Waals surface area contributed by atoms with Crippen molar-refractivity contribution in [2.24, 2.45) is 0 Å². The summed E-state index contributed by atoms with van der Waals surface area (Å²) >= 11 is 0. The van der Waals surface area contributed by atoms with Gasteiger partial charge in [-0.05, 0) is 39.1 Å². The van der Waals surface area contributed by atoms with Crippen LogP contribution in [0.25, 0.3) is 0 Å². The average molecular weight is 188 g/mol. The van der Waals surface area contributed by atoms with Gasteiger partial charge in [-0.25, -0.2) is 0 Å². The third-order valence-electron chi connectivity index (χ3n) is 1.06. The molecule has 0 amide bonds. The minimum atomic E-state index is -1.49. The highest BCUT2D eigenvalue weighted by atomic mass is 28.4. The summed E-state index contributed by atoms with van der Waals surface area (Å²) in [7, 11) is -1.49. The second kappa shape index (κ2) is 5.25. The van der Waals surface area contributed by atoms with Crippen LogP contribution < -0.4 is 0 Å². The van der Waals surface area contributed by atoms with Gasteiger partial charge in [-0.1, -0.05) is 6.92 Å². The van der Waals surface area contributed by atoms with Gasteiger partial charge in [0, 0.05) is 0 Å². The highest BCUT2D eigenvalue weighted by Gasteiger charge is 2.17. The van der Waals surface area contributed by atoms with Crippen molar-refractivity contribution >= 4 is 8.32 Å². The van der Waals surface area contributed by atoms with Crippen LogP contribution >= 0.6 is 0 Å². The number of allylic oxidation sites excluding steroid dienone is 1. The van der Waals surface area contributed by atoms with Crippen molar-refractivity contribution < 1.29 is 9.16 Å². The van der Waals surface area contributed by atoms with Gasteiger partial charge in [-0.15, -0.1) is 0 Å². The molecule has 0 aromatic rings. The molecular weight excluding hydrogens is 168 g/mol. The maximum Gasteiger partial charge on any atom is 0.261 e. The molecule has 0 aliphatic rings. The SMILES string of the molecule is CC/C=C(\OCC)O[Si](C)(C)C. The van der Waals surface area contributed by atoms with E-state index in [1.807, 2.05) is 13.0 Å². The first kappa shape index (κ1) is 11.6. The summed E-state index contributed by atoms with van der Waals surface area (Å²) in [4.78, 5) is 0. The molecule has 2 nitrogen and oxygen atoms in total. The number of hydrogen-bond acceptors (Lipinski definition) is 2. The van der Waals surface area contributed by atoms with Gasteiger partial charge in [0.05, 0.1) is 6.61 Å². The smallest absolute Gasteiger partial charge is 0.261 e. The monoisotopic (exact) mass is 188 g/mol. The van der Waals surface area contributed by atoms with Gasteiger partial charge < -0.3 is 9.16 Å². The highest BCUT2D eigenvalue weighted by Crippen LogP contribution is 2.11. The minimum absolute atomic E-state index is 0.677. The lowest BCUT2D eigenvalue weighted by Crippen LogP contribution is -2.25. The van der Waals surface area contributed by atoms with E-state index in [-0.39, 0.29) is 0 Å². The lowest BCUT2D eigenvalue weighted by Gasteiger charge is -2.21. The van der Waals surface area contributed by atoms with Gasteiger partial charge >= 0.3 is 0 Å². The van der Waals surface area contributed by atoms with Crippen LogP contribution in [-0.2, 0) is 9.16 Å². The van der Waals surface area contributed by atoms with Crippen LogP contribution in [-0.4, -0.2) is 14.9 Å². The molecule has 12 heavy (non-hydrogen) atoms. The van der Waals surface area contributed by atoms with Crippen LogP contribution in [0, 0.1) is 0 Å². The number of hydrogen-bond donors (Lipinski definition) is 0. The Labute approximate surface area is 76.7 Å². The fourth-order valence-corrected chi connectivity index (χ4v) is 1.49. The van der Waals surface area contributed by atoms with Gasteiger partial charge in [-0.2, -0.15) is 0 Å². The molecule has 0 unspecified atom stereocenters. The van der Waals surface area contributed by atoms with Crippen molar-refractivity contribution in [3.63, 3.8) is 0 Å². The second-order valence-electron chi connectivity index (χ2n) is 3.58. The van der Waals surface area contributed by atoms with E-state index in [1.165, 1.54) is 0 Å². The summed E-state index contributed by atoms with van der Waals surface area (Å²) in [6, 6.07) is 0. The normalized spacial score (nSPS) is 12.9. The van der Waals surface area contributed by atoms with Crippen molar-refractivity contribution in [3.05, 3.63) is 12.0 Å². The number of rotatable bonds is 5. The largest absolute Gasteiger partial charge is 0.520 e. The minimum Gasteiger partial charge on any atom is -0.520 e. The average Bonchev–Trinajstić information content (AvgIpc) is 1.84. The van der Waals surface area contributed by atoms with Crippen LogP contribution in [0.3, 0.4) is 0 Å². The Balaban J connectivity index is 4.05. The first-order valence-corrected chi connectivity index (χ1v) is 7.92. The van der Waals surface area contributed by atoms with Gasteiger partial charge in [0.1, 0.15) is 0 Å². The van der Waals surface area contributed by atoms with Gasteiger partial charge in [-0.3, -0.25) is 0 Å². The fraction of sp³-hybridized carbons (Fsp3) is 0.778. The van der Waals surface area contributed by atoms with E-state index in [9.17, 15) is 0 Å². The molecule has 3 heteroatoms. The van der Waals surface area contributed by atoms with E-state index < -0.39 is 8.32 Å². The quantitative estimate of drug-likeness (QED) is 0.487. The van der Waals surface area contributed by atoms with E-state index >= 15 is 0 Å². The van der Waals surface area contributed by atoms with Crippen LogP contribution in [0.1, 0.15) is 20.3 Å². The maximum absolute atomic E-state index is 5.70. The van der Waals surface area contributed by atoms with Crippen LogP contribution in [0.4, 0.5) is 0 Å². The van der Waals surface area contributed by atoms with Gasteiger partial charge in [0.25, 0.3) is 5.95 Å². The zero-order chi connectivity index (χ0) is 9.61. The summed E-state index contributed by atoms with van der Waals surface area (Å²) in [6.45, 7) is 11.2. The Morgan fingerprint density at radius 2 is 1.83 bits per heavy atom. The third-order valence-corrected chi connectivity index (χ3v) is 1.88. The first-order chi connectivity index (χ1) is 5.49. The van der Waals surface area contributed by atoms with Crippen LogP contribution in [0.2, 0.25) is 19.6 Å². The summed E-state index contributed by atoms with van der Waals surface area (Å²) in [6.07, 6.45) is 2.95. The van der Waals surface area contributed by atoms with Crippen molar-refractivity contribution in [2.45, 2.75) is 39.9 Å². The molecular formula is C9H20O2Si. The van der Waals surface area contributed by atoms with Gasteiger partial charge in [0.2, 0.25) is 8.32 Å². The Morgan fingerprint density at radius 1 is 1.25 bits per heavy atom. The maximum atomic E-state index is 5.70. The van der Waals surface area contributed by atoms with Crippen molar-refractivity contribution in [3.8, 4) is 0 Å². The summed E-state index contributed by atoms with van der Waals surface area (Å²) in [5, 5.41) is 0. The molecule has 72 valence electrons. The van der Waals surface area contributed by atoms with E-state index in [0.29, 0.717) is 12.6 Å². The zero-order valence-electron chi connectivity index (χ0n) is 8.81. The predicted octanol–water partition coefficient (Wildman–Crippen LogP) is 3.13. The fourth-order valence-electron chi connectivity index (χ4n) is 0.741. The van der Waals surface area contributed by atoms with Crippen LogP contribution in [0.15, 0.2) is 12.0 Å². The molecule has 0 rings (SSSR count). The lowest BCUT2D eigenvalue weighted by molar-refractivity contribution is 0.111. The summed E-state index contributed by atoms with van der Waals surface area (Å²) in [5.41, 5.74) is 0. The molecule has 0 radical (unpaired) electrons. The first-order valence-electron chi connectivity index (χ1n) is 4.51. The topological polar surface area (TPSA) is 18.5 Å². The van der Waals surface area contributed by atoms with Crippen LogP contribution in [0.5, 0.6) is 0 Å². The van der Waals surface area contributed by atoms with E-state index in [4.69, 9.17) is 9.16 Å². The molecule has 0 spiro atoms. The Kier molecular flexibility index (Phi) is 5.05. The molecule has 0 N–H and O–H groups in total.